The highest BCUT2D eigenvalue weighted by atomic mass is 35.5. The highest BCUT2D eigenvalue weighted by Gasteiger charge is 2.18. The summed E-state index contributed by atoms with van der Waals surface area (Å²) >= 11 is 5.83. The van der Waals surface area contributed by atoms with E-state index in [0.29, 0.717) is 17.3 Å². The van der Waals surface area contributed by atoms with E-state index in [1.54, 1.807) is 24.3 Å². The van der Waals surface area contributed by atoms with Crippen LogP contribution >= 0.6 is 11.6 Å². The van der Waals surface area contributed by atoms with Gasteiger partial charge in [0.2, 0.25) is 0 Å². The number of hydrogen-bond acceptors (Lipinski definition) is 3. The monoisotopic (exact) mass is 319 g/mol. The molecule has 1 amide bonds. The summed E-state index contributed by atoms with van der Waals surface area (Å²) in [5, 5.41) is 3.52. The molecule has 0 aliphatic carbocycles. The molecule has 0 saturated heterocycles. The van der Waals surface area contributed by atoms with Gasteiger partial charge in [-0.15, -0.1) is 0 Å². The minimum Gasteiger partial charge on any atom is -0.489 e. The van der Waals surface area contributed by atoms with Gasteiger partial charge in [-0.05, 0) is 37.6 Å². The number of carbonyl (C=O) groups is 1. The SMILES string of the molecule is CC(CNC(=O)c1cn2c(n1)CCC2)Oc1ccc(Cl)cc1. The Morgan fingerprint density at radius 3 is 2.95 bits per heavy atom. The average Bonchev–Trinajstić information content (AvgIpc) is 3.08. The van der Waals surface area contributed by atoms with Crippen LogP contribution < -0.4 is 10.1 Å². The number of carbonyl (C=O) groups excluding carboxylic acids is 1. The van der Waals surface area contributed by atoms with Gasteiger partial charge in [0, 0.05) is 24.2 Å². The number of benzene rings is 1. The maximum Gasteiger partial charge on any atom is 0.271 e. The second kappa shape index (κ2) is 6.40. The van der Waals surface area contributed by atoms with Crippen molar-refractivity contribution in [1.82, 2.24) is 14.9 Å². The zero-order chi connectivity index (χ0) is 15.5. The summed E-state index contributed by atoms with van der Waals surface area (Å²) in [6, 6.07) is 7.16. The average molecular weight is 320 g/mol. The van der Waals surface area contributed by atoms with Gasteiger partial charge in [0.15, 0.2) is 0 Å². The highest BCUT2D eigenvalue weighted by molar-refractivity contribution is 6.30. The number of amides is 1. The van der Waals surface area contributed by atoms with Gasteiger partial charge in [-0.3, -0.25) is 4.79 Å². The molecule has 3 rings (SSSR count). The zero-order valence-electron chi connectivity index (χ0n) is 12.4. The molecule has 0 bridgehead atoms. The van der Waals surface area contributed by atoms with Crippen molar-refractivity contribution < 1.29 is 9.53 Å². The molecule has 0 saturated carbocycles. The molecule has 6 heteroatoms. The van der Waals surface area contributed by atoms with Gasteiger partial charge in [0.1, 0.15) is 23.4 Å². The molecule has 5 nitrogen and oxygen atoms in total. The number of nitrogens with one attached hydrogen (secondary N) is 1. The fourth-order valence-corrected chi connectivity index (χ4v) is 2.60. The Kier molecular flexibility index (Phi) is 4.34. The molecule has 1 aromatic heterocycles. The Morgan fingerprint density at radius 1 is 1.45 bits per heavy atom. The first-order valence-corrected chi connectivity index (χ1v) is 7.76. The van der Waals surface area contributed by atoms with Gasteiger partial charge in [0.25, 0.3) is 5.91 Å². The van der Waals surface area contributed by atoms with Crippen molar-refractivity contribution >= 4 is 17.5 Å². The number of hydrogen-bond donors (Lipinski definition) is 1. The van der Waals surface area contributed by atoms with Crippen LogP contribution in [0.1, 0.15) is 29.7 Å². The van der Waals surface area contributed by atoms with Crippen LogP contribution in [0.5, 0.6) is 5.75 Å². The van der Waals surface area contributed by atoms with Gasteiger partial charge >= 0.3 is 0 Å². The summed E-state index contributed by atoms with van der Waals surface area (Å²) < 4.78 is 7.76. The molecule has 0 spiro atoms. The maximum absolute atomic E-state index is 12.1. The summed E-state index contributed by atoms with van der Waals surface area (Å²) in [6.45, 7) is 3.28. The van der Waals surface area contributed by atoms with Crippen molar-refractivity contribution in [2.75, 3.05) is 6.54 Å². The molecule has 0 fully saturated rings. The lowest BCUT2D eigenvalue weighted by molar-refractivity contribution is 0.0927. The lowest BCUT2D eigenvalue weighted by Gasteiger charge is -2.15. The molecule has 1 aliphatic heterocycles. The van der Waals surface area contributed by atoms with Gasteiger partial charge in [-0.2, -0.15) is 0 Å². The second-order valence-electron chi connectivity index (χ2n) is 5.43. The third-order valence-corrected chi connectivity index (χ3v) is 3.84. The first-order chi connectivity index (χ1) is 10.6. The smallest absolute Gasteiger partial charge is 0.271 e. The molecule has 1 aliphatic rings. The molecular weight excluding hydrogens is 302 g/mol. The first-order valence-electron chi connectivity index (χ1n) is 7.38. The zero-order valence-corrected chi connectivity index (χ0v) is 13.1. The van der Waals surface area contributed by atoms with E-state index in [-0.39, 0.29) is 12.0 Å². The van der Waals surface area contributed by atoms with Crippen LogP contribution in [0.2, 0.25) is 5.02 Å². The third kappa shape index (κ3) is 3.42. The molecule has 1 N–H and O–H groups in total. The Labute approximate surface area is 134 Å². The molecule has 2 heterocycles. The Morgan fingerprint density at radius 2 is 2.23 bits per heavy atom. The van der Waals surface area contributed by atoms with Crippen molar-refractivity contribution in [3.63, 3.8) is 0 Å². The predicted molar refractivity (Wildman–Crippen MR) is 84.4 cm³/mol. The third-order valence-electron chi connectivity index (χ3n) is 3.59. The quantitative estimate of drug-likeness (QED) is 0.922. The Balaban J connectivity index is 1.50. The lowest BCUT2D eigenvalue weighted by Crippen LogP contribution is -2.33. The molecular formula is C16H18ClN3O2. The highest BCUT2D eigenvalue weighted by Crippen LogP contribution is 2.17. The minimum atomic E-state index is -0.159. The topological polar surface area (TPSA) is 56.2 Å². The Hall–Kier alpha value is -2.01. The van der Waals surface area contributed by atoms with Crippen molar-refractivity contribution in [3.05, 3.63) is 47.0 Å². The van der Waals surface area contributed by atoms with Crippen LogP contribution in [-0.4, -0.2) is 28.1 Å². The molecule has 1 unspecified atom stereocenters. The number of aryl methyl sites for hydroxylation is 2. The first kappa shape index (κ1) is 14.9. The van der Waals surface area contributed by atoms with Crippen LogP contribution in [-0.2, 0) is 13.0 Å². The molecule has 0 radical (unpaired) electrons. The van der Waals surface area contributed by atoms with Gasteiger partial charge in [-0.25, -0.2) is 4.98 Å². The van der Waals surface area contributed by atoms with E-state index in [4.69, 9.17) is 16.3 Å². The van der Waals surface area contributed by atoms with Crippen LogP contribution in [0.4, 0.5) is 0 Å². The lowest BCUT2D eigenvalue weighted by atomic mass is 10.3. The molecule has 22 heavy (non-hydrogen) atoms. The van der Waals surface area contributed by atoms with Gasteiger partial charge in [-0.1, -0.05) is 11.6 Å². The van der Waals surface area contributed by atoms with Crippen molar-refractivity contribution in [3.8, 4) is 5.75 Å². The molecule has 1 atom stereocenters. The van der Waals surface area contributed by atoms with E-state index in [2.05, 4.69) is 10.3 Å². The summed E-state index contributed by atoms with van der Waals surface area (Å²) in [5.41, 5.74) is 0.480. The van der Waals surface area contributed by atoms with Gasteiger partial charge < -0.3 is 14.6 Å². The van der Waals surface area contributed by atoms with E-state index in [1.807, 2.05) is 17.7 Å². The number of ether oxygens (including phenoxy) is 1. The fraction of sp³-hybridized carbons (Fsp3) is 0.375. The molecule has 116 valence electrons. The predicted octanol–water partition coefficient (Wildman–Crippen LogP) is 2.68. The van der Waals surface area contributed by atoms with Crippen molar-refractivity contribution in [2.45, 2.75) is 32.4 Å². The number of fused-ring (bicyclic) bond motifs is 1. The van der Waals surface area contributed by atoms with Gasteiger partial charge in [0.05, 0.1) is 6.54 Å². The summed E-state index contributed by atoms with van der Waals surface area (Å²) in [4.78, 5) is 16.4. The molecule has 1 aromatic carbocycles. The number of halogens is 1. The van der Waals surface area contributed by atoms with Crippen molar-refractivity contribution in [2.24, 2.45) is 0 Å². The van der Waals surface area contributed by atoms with E-state index < -0.39 is 0 Å². The van der Waals surface area contributed by atoms with Crippen LogP contribution in [0.25, 0.3) is 0 Å². The van der Waals surface area contributed by atoms with Crippen LogP contribution in [0.15, 0.2) is 30.5 Å². The fourth-order valence-electron chi connectivity index (χ4n) is 2.48. The number of rotatable bonds is 5. The van der Waals surface area contributed by atoms with E-state index in [0.717, 1.165) is 31.0 Å². The summed E-state index contributed by atoms with van der Waals surface area (Å²) in [7, 11) is 0. The largest absolute Gasteiger partial charge is 0.489 e. The Bertz CT molecular complexity index is 645. The minimum absolute atomic E-state index is 0.139. The van der Waals surface area contributed by atoms with E-state index in [9.17, 15) is 4.79 Å². The standard InChI is InChI=1S/C16H18ClN3O2/c1-11(22-13-6-4-12(17)5-7-13)9-18-16(21)14-10-20-8-2-3-15(20)19-14/h4-7,10-11H,2-3,8-9H2,1H3,(H,18,21). The number of imidazole rings is 1. The molecule has 2 aromatic rings. The number of aromatic nitrogens is 2. The maximum atomic E-state index is 12.1. The second-order valence-corrected chi connectivity index (χ2v) is 5.87. The van der Waals surface area contributed by atoms with E-state index >= 15 is 0 Å². The van der Waals surface area contributed by atoms with Crippen LogP contribution in [0.3, 0.4) is 0 Å². The normalized spacial score (nSPS) is 14.5. The summed E-state index contributed by atoms with van der Waals surface area (Å²) in [5.74, 6) is 1.57. The number of nitrogens with zero attached hydrogens (tertiary/aromatic N) is 2. The van der Waals surface area contributed by atoms with E-state index in [1.165, 1.54) is 0 Å². The van der Waals surface area contributed by atoms with Crippen molar-refractivity contribution in [1.29, 1.82) is 0 Å². The van der Waals surface area contributed by atoms with Crippen LogP contribution in [0, 0.1) is 0 Å². The summed E-state index contributed by atoms with van der Waals surface area (Å²) in [6.07, 6.45) is 3.74.